The molecule has 4 rings (SSSR count). The number of aromatic nitrogens is 2. The van der Waals surface area contributed by atoms with Gasteiger partial charge in [-0.25, -0.2) is 4.98 Å². The molecule has 0 saturated heterocycles. The van der Waals surface area contributed by atoms with Crippen LogP contribution in [0.5, 0.6) is 5.75 Å². The topological polar surface area (TPSA) is 55.6 Å². The van der Waals surface area contributed by atoms with Crippen LogP contribution < -0.4 is 10.1 Å². The number of ether oxygens (including phenoxy) is 1. The standard InChI is InChI=1S/C23H15F6N3O2/c1-34-17-6-4-5-13(11-17)19-20(32-8-3-2-7-18(32)30-19)31-21(33)14-9-15(22(24,25)26)12-16(10-14)23(27,28)29/h2-12H,1H3,(H,31,33). The number of nitrogens with one attached hydrogen (secondary N) is 1. The minimum Gasteiger partial charge on any atom is -0.497 e. The molecular formula is C23H15F6N3O2. The number of fused-ring (bicyclic) bond motifs is 1. The van der Waals surface area contributed by atoms with E-state index in [1.165, 1.54) is 11.5 Å². The average Bonchev–Trinajstić information content (AvgIpc) is 3.16. The van der Waals surface area contributed by atoms with Crippen molar-refractivity contribution in [3.8, 4) is 17.0 Å². The molecule has 2 aromatic heterocycles. The first kappa shape index (κ1) is 23.1. The Kier molecular flexibility index (Phi) is 5.72. The zero-order valence-corrected chi connectivity index (χ0v) is 17.3. The Labute approximate surface area is 188 Å². The quantitative estimate of drug-likeness (QED) is 0.350. The molecule has 4 aromatic rings. The summed E-state index contributed by atoms with van der Waals surface area (Å²) in [5.41, 5.74) is -2.81. The van der Waals surface area contributed by atoms with Crippen LogP contribution >= 0.6 is 0 Å². The Morgan fingerprint density at radius 3 is 2.21 bits per heavy atom. The third kappa shape index (κ3) is 4.54. The minimum absolute atomic E-state index is 0.0350. The molecule has 34 heavy (non-hydrogen) atoms. The van der Waals surface area contributed by atoms with E-state index in [9.17, 15) is 31.1 Å². The number of hydrogen-bond donors (Lipinski definition) is 1. The number of rotatable bonds is 4. The molecule has 5 nitrogen and oxygen atoms in total. The lowest BCUT2D eigenvalue weighted by atomic mass is 10.0. The molecule has 176 valence electrons. The van der Waals surface area contributed by atoms with Crippen LogP contribution in [-0.4, -0.2) is 22.4 Å². The number of carbonyl (C=O) groups is 1. The lowest BCUT2D eigenvalue weighted by molar-refractivity contribution is -0.143. The van der Waals surface area contributed by atoms with E-state index in [1.54, 1.807) is 48.7 Å². The molecule has 0 atom stereocenters. The fraction of sp³-hybridized carbons (Fsp3) is 0.130. The number of methoxy groups -OCH3 is 1. The van der Waals surface area contributed by atoms with E-state index < -0.39 is 35.0 Å². The zero-order chi connectivity index (χ0) is 24.7. The van der Waals surface area contributed by atoms with Gasteiger partial charge in [-0.3, -0.25) is 9.20 Å². The van der Waals surface area contributed by atoms with Crippen molar-refractivity contribution < 1.29 is 35.9 Å². The molecule has 2 aromatic carbocycles. The van der Waals surface area contributed by atoms with Gasteiger partial charge < -0.3 is 10.1 Å². The first-order valence-corrected chi connectivity index (χ1v) is 9.70. The summed E-state index contributed by atoms with van der Waals surface area (Å²) in [5.74, 6) is -0.606. The van der Waals surface area contributed by atoms with Gasteiger partial charge >= 0.3 is 12.4 Å². The van der Waals surface area contributed by atoms with Gasteiger partial charge in [-0.15, -0.1) is 0 Å². The van der Waals surface area contributed by atoms with E-state index in [1.807, 2.05) is 0 Å². The van der Waals surface area contributed by atoms with Crippen molar-refractivity contribution in [1.29, 1.82) is 0 Å². The van der Waals surface area contributed by atoms with E-state index in [0.29, 0.717) is 29.1 Å². The molecule has 0 fully saturated rings. The van der Waals surface area contributed by atoms with Crippen LogP contribution in [0, 0.1) is 0 Å². The Morgan fingerprint density at radius 2 is 1.59 bits per heavy atom. The highest BCUT2D eigenvalue weighted by molar-refractivity contribution is 6.06. The largest absolute Gasteiger partial charge is 0.497 e. The number of hydrogen-bond acceptors (Lipinski definition) is 3. The van der Waals surface area contributed by atoms with Crippen molar-refractivity contribution in [3.05, 3.63) is 83.6 Å². The van der Waals surface area contributed by atoms with Crippen LogP contribution in [0.15, 0.2) is 66.9 Å². The number of nitrogens with zero attached hydrogens (tertiary/aromatic N) is 2. The number of imidazole rings is 1. The molecule has 0 bridgehead atoms. The van der Waals surface area contributed by atoms with Crippen molar-refractivity contribution in [2.24, 2.45) is 0 Å². The highest BCUT2D eigenvalue weighted by Crippen LogP contribution is 2.37. The summed E-state index contributed by atoms with van der Waals surface area (Å²) in [6.45, 7) is 0. The molecule has 0 unspecified atom stereocenters. The summed E-state index contributed by atoms with van der Waals surface area (Å²) in [4.78, 5) is 17.4. The molecule has 0 aliphatic heterocycles. The van der Waals surface area contributed by atoms with Crippen molar-refractivity contribution in [1.82, 2.24) is 9.38 Å². The summed E-state index contributed by atoms with van der Waals surface area (Å²) in [5, 5.41) is 2.43. The normalized spacial score (nSPS) is 12.1. The molecule has 0 radical (unpaired) electrons. The van der Waals surface area contributed by atoms with Crippen LogP contribution in [0.3, 0.4) is 0 Å². The fourth-order valence-electron chi connectivity index (χ4n) is 3.35. The first-order chi connectivity index (χ1) is 16.0. The second kappa shape index (κ2) is 8.40. The lowest BCUT2D eigenvalue weighted by Crippen LogP contribution is -2.18. The molecular weight excluding hydrogens is 464 g/mol. The van der Waals surface area contributed by atoms with Crippen LogP contribution in [0.4, 0.5) is 32.2 Å². The smallest absolute Gasteiger partial charge is 0.416 e. The average molecular weight is 479 g/mol. The van der Waals surface area contributed by atoms with Gasteiger partial charge in [0.05, 0.1) is 18.2 Å². The van der Waals surface area contributed by atoms with Gasteiger partial charge in [0.2, 0.25) is 0 Å². The maximum atomic E-state index is 13.2. The minimum atomic E-state index is -5.08. The SMILES string of the molecule is COc1cccc(-c2nc3ccccn3c2NC(=O)c2cc(C(F)(F)F)cc(C(F)(F)F)c2)c1. The molecule has 0 saturated carbocycles. The Balaban J connectivity index is 1.82. The fourth-order valence-corrected chi connectivity index (χ4v) is 3.35. The van der Waals surface area contributed by atoms with E-state index in [-0.39, 0.29) is 17.6 Å². The van der Waals surface area contributed by atoms with Crippen molar-refractivity contribution in [2.75, 3.05) is 12.4 Å². The monoisotopic (exact) mass is 479 g/mol. The number of benzene rings is 2. The molecule has 2 heterocycles. The van der Waals surface area contributed by atoms with Gasteiger partial charge in [0, 0.05) is 17.3 Å². The van der Waals surface area contributed by atoms with E-state index in [2.05, 4.69) is 10.3 Å². The number of anilines is 1. The van der Waals surface area contributed by atoms with Crippen molar-refractivity contribution >= 4 is 17.4 Å². The highest BCUT2D eigenvalue weighted by Gasteiger charge is 2.37. The summed E-state index contributed by atoms with van der Waals surface area (Å²) >= 11 is 0. The highest BCUT2D eigenvalue weighted by atomic mass is 19.4. The molecule has 11 heteroatoms. The van der Waals surface area contributed by atoms with Crippen LogP contribution in [0.25, 0.3) is 16.9 Å². The number of halogens is 6. The number of pyridine rings is 1. The number of amides is 1. The van der Waals surface area contributed by atoms with E-state index >= 15 is 0 Å². The van der Waals surface area contributed by atoms with Gasteiger partial charge in [0.15, 0.2) is 0 Å². The summed E-state index contributed by atoms with van der Waals surface area (Å²) in [7, 11) is 1.46. The molecule has 1 amide bonds. The van der Waals surface area contributed by atoms with Crippen LogP contribution in [0.2, 0.25) is 0 Å². The van der Waals surface area contributed by atoms with Gasteiger partial charge in [0.25, 0.3) is 5.91 Å². The van der Waals surface area contributed by atoms with Gasteiger partial charge in [0.1, 0.15) is 22.9 Å². The van der Waals surface area contributed by atoms with Gasteiger partial charge in [-0.1, -0.05) is 18.2 Å². The number of carbonyl (C=O) groups excluding carboxylic acids is 1. The predicted molar refractivity (Wildman–Crippen MR) is 112 cm³/mol. The van der Waals surface area contributed by atoms with E-state index in [4.69, 9.17) is 4.74 Å². The maximum Gasteiger partial charge on any atom is 0.416 e. The summed E-state index contributed by atoms with van der Waals surface area (Å²) in [6, 6.07) is 12.3. The first-order valence-electron chi connectivity index (χ1n) is 9.70. The Hall–Kier alpha value is -4.02. The van der Waals surface area contributed by atoms with Crippen molar-refractivity contribution in [2.45, 2.75) is 12.4 Å². The number of alkyl halides is 6. The van der Waals surface area contributed by atoms with Gasteiger partial charge in [-0.05, 0) is 42.5 Å². The summed E-state index contributed by atoms with van der Waals surface area (Å²) in [6.07, 6.45) is -8.61. The Morgan fingerprint density at radius 1 is 0.912 bits per heavy atom. The summed E-state index contributed by atoms with van der Waals surface area (Å²) < 4.78 is 86.0. The second-order valence-electron chi connectivity index (χ2n) is 7.22. The third-order valence-electron chi connectivity index (χ3n) is 4.95. The molecule has 0 aliphatic carbocycles. The van der Waals surface area contributed by atoms with Crippen molar-refractivity contribution in [3.63, 3.8) is 0 Å². The molecule has 0 aliphatic rings. The lowest BCUT2D eigenvalue weighted by Gasteiger charge is -2.14. The van der Waals surface area contributed by atoms with Crippen LogP contribution in [0.1, 0.15) is 21.5 Å². The molecule has 0 spiro atoms. The second-order valence-corrected chi connectivity index (χ2v) is 7.22. The third-order valence-corrected chi connectivity index (χ3v) is 4.95. The Bertz CT molecular complexity index is 1340. The van der Waals surface area contributed by atoms with E-state index in [0.717, 1.165) is 0 Å². The van der Waals surface area contributed by atoms with Gasteiger partial charge in [-0.2, -0.15) is 26.3 Å². The van der Waals surface area contributed by atoms with Crippen LogP contribution in [-0.2, 0) is 12.4 Å². The maximum absolute atomic E-state index is 13.2. The predicted octanol–water partition coefficient (Wildman–Crippen LogP) is 6.30. The molecule has 1 N–H and O–H groups in total. The zero-order valence-electron chi connectivity index (χ0n) is 17.3.